The van der Waals surface area contributed by atoms with Crippen LogP contribution >= 0.6 is 11.6 Å². The topological polar surface area (TPSA) is 70.4 Å². The van der Waals surface area contributed by atoms with Crippen molar-refractivity contribution in [1.82, 2.24) is 30.3 Å². The summed E-state index contributed by atoms with van der Waals surface area (Å²) in [5, 5.41) is 15.8. The lowest BCUT2D eigenvalue weighted by atomic mass is 9.85. The summed E-state index contributed by atoms with van der Waals surface area (Å²) in [5.74, 6) is 2.33. The maximum absolute atomic E-state index is 6.26. The number of rotatable bonds is 7. The van der Waals surface area contributed by atoms with Crippen molar-refractivity contribution in [2.24, 2.45) is 10.9 Å². The third kappa shape index (κ3) is 5.70. The van der Waals surface area contributed by atoms with E-state index in [0.717, 1.165) is 49.4 Å². The number of halogens is 1. The predicted octanol–water partition coefficient (Wildman–Crippen LogP) is 2.74. The highest BCUT2D eigenvalue weighted by molar-refractivity contribution is 6.30. The highest BCUT2D eigenvalue weighted by Crippen LogP contribution is 2.35. The molecule has 8 heteroatoms. The lowest BCUT2D eigenvalue weighted by Gasteiger charge is -2.40. The van der Waals surface area contributed by atoms with E-state index in [9.17, 15) is 0 Å². The Morgan fingerprint density at radius 1 is 1.34 bits per heavy atom. The van der Waals surface area contributed by atoms with E-state index in [0.29, 0.717) is 12.0 Å². The Labute approximate surface area is 178 Å². The third-order valence-corrected chi connectivity index (χ3v) is 5.84. The van der Waals surface area contributed by atoms with Crippen LogP contribution in [0.15, 0.2) is 35.6 Å². The van der Waals surface area contributed by atoms with Crippen LogP contribution in [0.2, 0.25) is 5.02 Å². The Kier molecular flexibility index (Phi) is 7.89. The van der Waals surface area contributed by atoms with Gasteiger partial charge in [-0.2, -0.15) is 0 Å². The van der Waals surface area contributed by atoms with Crippen molar-refractivity contribution < 1.29 is 0 Å². The molecule has 2 atom stereocenters. The molecule has 2 unspecified atom stereocenters. The first-order valence-electron chi connectivity index (χ1n) is 10.4. The van der Waals surface area contributed by atoms with Crippen LogP contribution < -0.4 is 10.6 Å². The van der Waals surface area contributed by atoms with Gasteiger partial charge in [-0.05, 0) is 50.0 Å². The zero-order valence-corrected chi connectivity index (χ0v) is 18.4. The van der Waals surface area contributed by atoms with Crippen LogP contribution in [0.1, 0.15) is 37.2 Å². The Morgan fingerprint density at radius 3 is 2.97 bits per heavy atom. The Morgan fingerprint density at radius 2 is 2.21 bits per heavy atom. The summed E-state index contributed by atoms with van der Waals surface area (Å²) in [6, 6.07) is 8.62. The van der Waals surface area contributed by atoms with Gasteiger partial charge in [-0.25, -0.2) is 0 Å². The maximum atomic E-state index is 6.26. The molecule has 1 saturated heterocycles. The number of piperidine rings is 1. The van der Waals surface area contributed by atoms with Crippen LogP contribution in [0.25, 0.3) is 0 Å². The van der Waals surface area contributed by atoms with Gasteiger partial charge in [0.05, 0.1) is 0 Å². The molecule has 1 aliphatic heterocycles. The average molecular weight is 418 g/mol. The molecule has 0 spiro atoms. The molecule has 1 aliphatic rings. The second-order valence-corrected chi connectivity index (χ2v) is 7.99. The van der Waals surface area contributed by atoms with Crippen LogP contribution in [0, 0.1) is 5.92 Å². The molecule has 158 valence electrons. The number of hydrogen-bond donors (Lipinski definition) is 2. The SMILES string of the molecule is CCc1nncn1CCNC(=NC)NCC1CCCN(C)C1c1cccc(Cl)c1. The van der Waals surface area contributed by atoms with Crippen molar-refractivity contribution in [3.63, 3.8) is 0 Å². The van der Waals surface area contributed by atoms with Gasteiger partial charge in [0.15, 0.2) is 5.96 Å². The molecule has 0 radical (unpaired) electrons. The molecule has 2 aromatic rings. The van der Waals surface area contributed by atoms with Crippen molar-refractivity contribution in [3.05, 3.63) is 47.0 Å². The maximum Gasteiger partial charge on any atom is 0.191 e. The standard InChI is InChI=1S/C21H32ClN7/c1-4-19-27-26-15-29(19)12-10-24-21(23-2)25-14-17-8-6-11-28(3)20(17)16-7-5-9-18(22)13-16/h5,7,9,13,15,17,20H,4,6,8,10-12,14H2,1-3H3,(H2,23,24,25). The molecular weight excluding hydrogens is 386 g/mol. The first kappa shape index (κ1) is 21.6. The minimum absolute atomic E-state index is 0.359. The second-order valence-electron chi connectivity index (χ2n) is 7.56. The smallest absolute Gasteiger partial charge is 0.191 e. The van der Waals surface area contributed by atoms with Gasteiger partial charge in [0.1, 0.15) is 12.2 Å². The van der Waals surface area contributed by atoms with Crippen LogP contribution in [-0.2, 0) is 13.0 Å². The number of aromatic nitrogens is 3. The molecule has 1 aromatic carbocycles. The zero-order valence-electron chi connectivity index (χ0n) is 17.6. The number of aliphatic imine (C=N–C) groups is 1. The number of hydrogen-bond acceptors (Lipinski definition) is 4. The Hall–Kier alpha value is -2.12. The minimum atomic E-state index is 0.359. The lowest BCUT2D eigenvalue weighted by Crippen LogP contribution is -2.45. The van der Waals surface area contributed by atoms with Gasteiger partial charge in [-0.3, -0.25) is 9.89 Å². The summed E-state index contributed by atoms with van der Waals surface area (Å²) < 4.78 is 2.07. The van der Waals surface area contributed by atoms with Crippen LogP contribution in [0.4, 0.5) is 0 Å². The molecule has 0 bridgehead atoms. The molecular formula is C21H32ClN7. The number of likely N-dealkylation sites (tertiary alicyclic amines) is 1. The first-order chi connectivity index (χ1) is 14.1. The quantitative estimate of drug-likeness (QED) is 0.535. The second kappa shape index (κ2) is 10.6. The molecule has 1 aromatic heterocycles. The van der Waals surface area contributed by atoms with E-state index < -0.39 is 0 Å². The summed E-state index contributed by atoms with van der Waals surface area (Å²) in [4.78, 5) is 6.82. The van der Waals surface area contributed by atoms with Gasteiger partial charge < -0.3 is 15.2 Å². The van der Waals surface area contributed by atoms with Crippen molar-refractivity contribution in [2.75, 3.05) is 33.7 Å². The number of guanidine groups is 1. The fourth-order valence-corrected chi connectivity index (χ4v) is 4.37. The number of nitrogens with one attached hydrogen (secondary N) is 2. The fraction of sp³-hybridized carbons (Fsp3) is 0.571. The predicted molar refractivity (Wildman–Crippen MR) is 118 cm³/mol. The molecule has 2 heterocycles. The number of aryl methyl sites for hydroxylation is 1. The molecule has 3 rings (SSSR count). The Balaban J connectivity index is 1.55. The van der Waals surface area contributed by atoms with Crippen molar-refractivity contribution in [1.29, 1.82) is 0 Å². The van der Waals surface area contributed by atoms with Gasteiger partial charge in [0, 0.05) is 44.2 Å². The molecule has 1 fully saturated rings. The van der Waals surface area contributed by atoms with Gasteiger partial charge in [-0.15, -0.1) is 10.2 Å². The van der Waals surface area contributed by atoms with Crippen LogP contribution in [0.5, 0.6) is 0 Å². The largest absolute Gasteiger partial charge is 0.356 e. The van der Waals surface area contributed by atoms with Gasteiger partial charge in [0.2, 0.25) is 0 Å². The molecule has 7 nitrogen and oxygen atoms in total. The summed E-state index contributed by atoms with van der Waals surface area (Å²) >= 11 is 6.26. The molecule has 29 heavy (non-hydrogen) atoms. The summed E-state index contributed by atoms with van der Waals surface area (Å²) in [6.07, 6.45) is 5.06. The summed E-state index contributed by atoms with van der Waals surface area (Å²) in [5.41, 5.74) is 1.29. The summed E-state index contributed by atoms with van der Waals surface area (Å²) in [7, 11) is 4.02. The van der Waals surface area contributed by atoms with Gasteiger partial charge in [0.25, 0.3) is 0 Å². The van der Waals surface area contributed by atoms with Gasteiger partial charge in [-0.1, -0.05) is 30.7 Å². The van der Waals surface area contributed by atoms with Crippen molar-refractivity contribution >= 4 is 17.6 Å². The van der Waals surface area contributed by atoms with E-state index in [1.54, 1.807) is 6.33 Å². The van der Waals surface area contributed by atoms with E-state index in [1.807, 2.05) is 19.2 Å². The van der Waals surface area contributed by atoms with E-state index >= 15 is 0 Å². The monoisotopic (exact) mass is 417 g/mol. The molecule has 2 N–H and O–H groups in total. The zero-order chi connectivity index (χ0) is 20.6. The number of benzene rings is 1. The summed E-state index contributed by atoms with van der Waals surface area (Å²) in [6.45, 7) is 5.65. The van der Waals surface area contributed by atoms with Gasteiger partial charge >= 0.3 is 0 Å². The lowest BCUT2D eigenvalue weighted by molar-refractivity contribution is 0.122. The fourth-order valence-electron chi connectivity index (χ4n) is 4.17. The highest BCUT2D eigenvalue weighted by Gasteiger charge is 2.30. The number of nitrogens with zero attached hydrogens (tertiary/aromatic N) is 5. The molecule has 0 amide bonds. The van der Waals surface area contributed by atoms with E-state index in [1.165, 1.54) is 18.4 Å². The minimum Gasteiger partial charge on any atom is -0.356 e. The van der Waals surface area contributed by atoms with Crippen molar-refractivity contribution in [3.8, 4) is 0 Å². The van der Waals surface area contributed by atoms with Crippen molar-refractivity contribution in [2.45, 2.75) is 38.8 Å². The highest BCUT2D eigenvalue weighted by atomic mass is 35.5. The first-order valence-corrected chi connectivity index (χ1v) is 10.8. The molecule has 0 aliphatic carbocycles. The Bertz CT molecular complexity index is 804. The normalized spacial score (nSPS) is 20.6. The third-order valence-electron chi connectivity index (χ3n) is 5.61. The van der Waals surface area contributed by atoms with E-state index in [-0.39, 0.29) is 0 Å². The average Bonchev–Trinajstić information content (AvgIpc) is 3.18. The van der Waals surface area contributed by atoms with Crippen LogP contribution in [-0.4, -0.2) is 59.4 Å². The van der Waals surface area contributed by atoms with E-state index in [2.05, 4.69) is 61.4 Å². The van der Waals surface area contributed by atoms with Crippen LogP contribution in [0.3, 0.4) is 0 Å². The molecule has 0 saturated carbocycles. The van der Waals surface area contributed by atoms with E-state index in [4.69, 9.17) is 11.6 Å².